The fourth-order valence-corrected chi connectivity index (χ4v) is 3.26. The lowest BCUT2D eigenvalue weighted by molar-refractivity contribution is 0.206. The van der Waals surface area contributed by atoms with Crippen LogP contribution >= 0.6 is 0 Å². The summed E-state index contributed by atoms with van der Waals surface area (Å²) in [5, 5.41) is 13.2. The molecule has 0 aliphatic heterocycles. The minimum atomic E-state index is 0.145. The van der Waals surface area contributed by atoms with Crippen molar-refractivity contribution >= 4 is 0 Å². The molecule has 0 amide bonds. The Bertz CT molecular complexity index is 600. The minimum absolute atomic E-state index is 0.145. The van der Waals surface area contributed by atoms with Gasteiger partial charge in [0.2, 0.25) is 0 Å². The third-order valence-electron chi connectivity index (χ3n) is 4.81. The number of hydrogen-bond donors (Lipinski definition) is 2. The molecule has 2 aromatic rings. The van der Waals surface area contributed by atoms with Crippen molar-refractivity contribution in [3.8, 4) is 11.1 Å². The number of nitrogens with one attached hydrogen (secondary N) is 1. The highest BCUT2D eigenvalue weighted by atomic mass is 16.3. The standard InChI is InChI=1S/C18H19NO/c20-12-18(9-10-18)11-19-17-15-7-3-1-5-13(15)14-6-2-4-8-16(14)17/h1-8,17,19-20H,9-12H2. The molecule has 2 N–H and O–H groups in total. The molecule has 0 bridgehead atoms. The van der Waals surface area contributed by atoms with Crippen molar-refractivity contribution < 1.29 is 5.11 Å². The topological polar surface area (TPSA) is 32.3 Å². The van der Waals surface area contributed by atoms with E-state index in [0.29, 0.717) is 6.61 Å². The van der Waals surface area contributed by atoms with Crippen LogP contribution in [0.1, 0.15) is 30.0 Å². The van der Waals surface area contributed by atoms with E-state index in [-0.39, 0.29) is 11.5 Å². The van der Waals surface area contributed by atoms with Gasteiger partial charge in [0.15, 0.2) is 0 Å². The van der Waals surface area contributed by atoms with Crippen molar-refractivity contribution in [1.29, 1.82) is 0 Å². The Labute approximate surface area is 119 Å². The maximum absolute atomic E-state index is 9.48. The summed E-state index contributed by atoms with van der Waals surface area (Å²) in [4.78, 5) is 0. The molecule has 2 aliphatic carbocycles. The lowest BCUT2D eigenvalue weighted by Gasteiger charge is -2.20. The Morgan fingerprint density at radius 1 is 0.950 bits per heavy atom. The van der Waals surface area contributed by atoms with Crippen LogP contribution in [0.3, 0.4) is 0 Å². The lowest BCUT2D eigenvalue weighted by atomic mass is 10.0. The first kappa shape index (κ1) is 12.1. The second-order valence-electron chi connectivity index (χ2n) is 6.15. The fourth-order valence-electron chi connectivity index (χ4n) is 3.26. The van der Waals surface area contributed by atoms with E-state index in [1.54, 1.807) is 0 Å². The maximum Gasteiger partial charge on any atom is 0.0589 e. The number of fused-ring (bicyclic) bond motifs is 3. The van der Waals surface area contributed by atoms with E-state index in [1.165, 1.54) is 22.3 Å². The molecule has 0 unspecified atom stereocenters. The molecule has 1 fully saturated rings. The van der Waals surface area contributed by atoms with E-state index in [0.717, 1.165) is 19.4 Å². The van der Waals surface area contributed by atoms with Crippen LogP contribution in [-0.2, 0) is 0 Å². The average Bonchev–Trinajstić information content (AvgIpc) is 3.22. The van der Waals surface area contributed by atoms with Crippen LogP contribution in [0.4, 0.5) is 0 Å². The number of aliphatic hydroxyl groups excluding tert-OH is 1. The third-order valence-corrected chi connectivity index (χ3v) is 4.81. The highest BCUT2D eigenvalue weighted by Crippen LogP contribution is 2.47. The zero-order valence-electron chi connectivity index (χ0n) is 11.5. The summed E-state index contributed by atoms with van der Waals surface area (Å²) in [6, 6.07) is 17.5. The Morgan fingerprint density at radius 3 is 2.00 bits per heavy atom. The number of rotatable bonds is 4. The molecule has 0 heterocycles. The normalized spacial score (nSPS) is 18.6. The van der Waals surface area contributed by atoms with Crippen molar-refractivity contribution in [2.24, 2.45) is 5.41 Å². The molecule has 0 saturated heterocycles. The number of aliphatic hydroxyl groups is 1. The van der Waals surface area contributed by atoms with E-state index < -0.39 is 0 Å². The molecule has 4 rings (SSSR count). The predicted molar refractivity (Wildman–Crippen MR) is 80.5 cm³/mol. The van der Waals surface area contributed by atoms with Gasteiger partial charge in [0.1, 0.15) is 0 Å². The zero-order chi connectivity index (χ0) is 13.6. The second kappa shape index (κ2) is 4.44. The summed E-state index contributed by atoms with van der Waals surface area (Å²) in [6.45, 7) is 1.20. The highest BCUT2D eigenvalue weighted by Gasteiger charge is 2.42. The minimum Gasteiger partial charge on any atom is -0.396 e. The van der Waals surface area contributed by atoms with Crippen LogP contribution in [0.15, 0.2) is 48.5 Å². The molecule has 2 aromatic carbocycles. The van der Waals surface area contributed by atoms with Gasteiger partial charge in [-0.05, 0) is 35.1 Å². The molecule has 102 valence electrons. The summed E-state index contributed by atoms with van der Waals surface area (Å²) in [5.41, 5.74) is 5.56. The van der Waals surface area contributed by atoms with Crippen LogP contribution < -0.4 is 5.32 Å². The van der Waals surface area contributed by atoms with Crippen molar-refractivity contribution in [2.75, 3.05) is 13.2 Å². The molecular formula is C18H19NO. The van der Waals surface area contributed by atoms with E-state index in [1.807, 2.05) is 0 Å². The first-order valence-corrected chi connectivity index (χ1v) is 7.35. The fraction of sp³-hybridized carbons (Fsp3) is 0.333. The molecule has 2 aliphatic rings. The van der Waals surface area contributed by atoms with E-state index >= 15 is 0 Å². The van der Waals surface area contributed by atoms with Crippen LogP contribution in [0, 0.1) is 5.41 Å². The van der Waals surface area contributed by atoms with Crippen molar-refractivity contribution in [1.82, 2.24) is 5.32 Å². The smallest absolute Gasteiger partial charge is 0.0589 e. The predicted octanol–water partition coefficient (Wildman–Crippen LogP) is 3.12. The van der Waals surface area contributed by atoms with Crippen LogP contribution in [0.25, 0.3) is 11.1 Å². The van der Waals surface area contributed by atoms with Gasteiger partial charge < -0.3 is 10.4 Å². The SMILES string of the molecule is OCC1(CNC2c3ccccc3-c3ccccc32)CC1. The summed E-state index contributed by atoms with van der Waals surface area (Å²) in [5.74, 6) is 0. The summed E-state index contributed by atoms with van der Waals surface area (Å²) in [7, 11) is 0. The summed E-state index contributed by atoms with van der Waals surface area (Å²) in [6.07, 6.45) is 2.29. The summed E-state index contributed by atoms with van der Waals surface area (Å²) >= 11 is 0. The largest absolute Gasteiger partial charge is 0.396 e. The van der Waals surface area contributed by atoms with Gasteiger partial charge in [0.05, 0.1) is 6.04 Å². The van der Waals surface area contributed by atoms with Crippen molar-refractivity contribution in [3.63, 3.8) is 0 Å². The number of hydrogen-bond acceptors (Lipinski definition) is 2. The first-order chi connectivity index (χ1) is 9.83. The van der Waals surface area contributed by atoms with Gasteiger partial charge in [-0.3, -0.25) is 0 Å². The van der Waals surface area contributed by atoms with Gasteiger partial charge in [0, 0.05) is 18.6 Å². The molecule has 0 spiro atoms. The van der Waals surface area contributed by atoms with Crippen molar-refractivity contribution in [3.05, 3.63) is 59.7 Å². The quantitative estimate of drug-likeness (QED) is 0.890. The van der Waals surface area contributed by atoms with E-state index in [9.17, 15) is 5.11 Å². The van der Waals surface area contributed by atoms with Gasteiger partial charge in [-0.25, -0.2) is 0 Å². The van der Waals surface area contributed by atoms with Crippen molar-refractivity contribution in [2.45, 2.75) is 18.9 Å². The Kier molecular flexibility index (Phi) is 2.69. The highest BCUT2D eigenvalue weighted by molar-refractivity contribution is 5.78. The molecule has 0 aromatic heterocycles. The van der Waals surface area contributed by atoms with Crippen LogP contribution in [0.2, 0.25) is 0 Å². The third kappa shape index (κ3) is 1.80. The monoisotopic (exact) mass is 265 g/mol. The van der Waals surface area contributed by atoms with Gasteiger partial charge in [0.25, 0.3) is 0 Å². The van der Waals surface area contributed by atoms with Gasteiger partial charge in [-0.2, -0.15) is 0 Å². The van der Waals surface area contributed by atoms with Gasteiger partial charge >= 0.3 is 0 Å². The van der Waals surface area contributed by atoms with E-state index in [4.69, 9.17) is 0 Å². The maximum atomic E-state index is 9.48. The second-order valence-corrected chi connectivity index (χ2v) is 6.15. The molecule has 2 heteroatoms. The molecule has 0 atom stereocenters. The molecule has 1 saturated carbocycles. The lowest BCUT2D eigenvalue weighted by Crippen LogP contribution is -2.29. The Balaban J connectivity index is 1.68. The molecule has 20 heavy (non-hydrogen) atoms. The number of benzene rings is 2. The molecular weight excluding hydrogens is 246 g/mol. The van der Waals surface area contributed by atoms with Gasteiger partial charge in [-0.1, -0.05) is 48.5 Å². The van der Waals surface area contributed by atoms with Crippen LogP contribution in [-0.4, -0.2) is 18.3 Å². The Morgan fingerprint density at radius 2 is 1.50 bits per heavy atom. The Hall–Kier alpha value is -1.64. The first-order valence-electron chi connectivity index (χ1n) is 7.35. The van der Waals surface area contributed by atoms with Gasteiger partial charge in [-0.15, -0.1) is 0 Å². The summed E-state index contributed by atoms with van der Waals surface area (Å²) < 4.78 is 0. The van der Waals surface area contributed by atoms with Crippen LogP contribution in [0.5, 0.6) is 0 Å². The molecule has 2 nitrogen and oxygen atoms in total. The zero-order valence-corrected chi connectivity index (χ0v) is 11.5. The average molecular weight is 265 g/mol. The van der Waals surface area contributed by atoms with E-state index in [2.05, 4.69) is 53.8 Å². The molecule has 0 radical (unpaired) electrons.